The first-order valence-corrected chi connectivity index (χ1v) is 11.4. The fourth-order valence-electron chi connectivity index (χ4n) is 5.54. The molecule has 0 atom stereocenters. The number of rotatable bonds is 2. The van der Waals surface area contributed by atoms with Crippen LogP contribution in [0.4, 0.5) is 0 Å². The Balaban J connectivity index is 1.66. The van der Waals surface area contributed by atoms with Crippen LogP contribution in [0.3, 0.4) is 0 Å². The maximum atomic E-state index is 6.52. The molecule has 0 radical (unpaired) electrons. The summed E-state index contributed by atoms with van der Waals surface area (Å²) in [7, 11) is 1.68. The smallest absolute Gasteiger partial charge is 0.161 e. The minimum atomic E-state index is 0.783. The zero-order chi connectivity index (χ0) is 22.6. The number of nitrogens with zero attached hydrogens (tertiary/aromatic N) is 1. The zero-order valence-electron chi connectivity index (χ0n) is 18.7. The van der Waals surface area contributed by atoms with Crippen LogP contribution in [-0.4, -0.2) is 11.5 Å². The van der Waals surface area contributed by atoms with E-state index < -0.39 is 0 Å². The lowest BCUT2D eigenvalue weighted by atomic mass is 10.0. The van der Waals surface area contributed by atoms with E-state index in [4.69, 9.17) is 13.6 Å². The van der Waals surface area contributed by atoms with Gasteiger partial charge in [-0.15, -0.1) is 0 Å². The van der Waals surface area contributed by atoms with Crippen molar-refractivity contribution in [1.29, 1.82) is 0 Å². The molecule has 4 heterocycles. The molecule has 0 aliphatic heterocycles. The number of hydrogen-bond acceptors (Lipinski definition) is 3. The molecular formula is C30H19NO3. The molecule has 0 saturated heterocycles. The van der Waals surface area contributed by atoms with Gasteiger partial charge in [0.05, 0.1) is 12.6 Å². The molecule has 0 bridgehead atoms. The van der Waals surface area contributed by atoms with Crippen LogP contribution in [0.2, 0.25) is 0 Å². The summed E-state index contributed by atoms with van der Waals surface area (Å²) in [5.74, 6) is 0.783. The first kappa shape index (κ1) is 18.0. The van der Waals surface area contributed by atoms with Gasteiger partial charge in [-0.2, -0.15) is 0 Å². The highest BCUT2D eigenvalue weighted by molar-refractivity contribution is 6.29. The minimum Gasteiger partial charge on any atom is -0.497 e. The molecule has 4 heteroatoms. The van der Waals surface area contributed by atoms with Gasteiger partial charge in [0.15, 0.2) is 11.2 Å². The highest BCUT2D eigenvalue weighted by Crippen LogP contribution is 2.47. The lowest BCUT2D eigenvalue weighted by Crippen LogP contribution is -1.83. The summed E-state index contributed by atoms with van der Waals surface area (Å²) in [6.45, 7) is 2.09. The van der Waals surface area contributed by atoms with Crippen molar-refractivity contribution in [3.63, 3.8) is 0 Å². The third-order valence-corrected chi connectivity index (χ3v) is 7.07. The van der Waals surface area contributed by atoms with Crippen molar-refractivity contribution >= 4 is 60.4 Å². The molecule has 162 valence electrons. The minimum absolute atomic E-state index is 0.783. The van der Waals surface area contributed by atoms with Crippen LogP contribution in [0.5, 0.6) is 5.75 Å². The number of hydrogen-bond donors (Lipinski definition) is 0. The Hall–Kier alpha value is -4.44. The number of fused-ring (bicyclic) bond motifs is 10. The van der Waals surface area contributed by atoms with Crippen LogP contribution in [0.1, 0.15) is 5.56 Å². The molecule has 34 heavy (non-hydrogen) atoms. The van der Waals surface area contributed by atoms with Crippen molar-refractivity contribution in [2.24, 2.45) is 0 Å². The van der Waals surface area contributed by atoms with Crippen LogP contribution in [0.15, 0.2) is 87.7 Å². The SMILES string of the molecule is COc1ccc2c(c1)oc1c3cc(-c4ccccc4)cc4c5oc6cc(C)ccc6c5n(c43)c21. The summed E-state index contributed by atoms with van der Waals surface area (Å²) < 4.78 is 20.8. The summed E-state index contributed by atoms with van der Waals surface area (Å²) in [4.78, 5) is 0. The van der Waals surface area contributed by atoms with E-state index in [0.717, 1.165) is 71.7 Å². The maximum absolute atomic E-state index is 6.52. The standard InChI is InChI=1S/C30H19NO3/c1-16-8-10-20-24(12-16)33-29-22-13-18(17-6-4-3-5-7-17)14-23-26(22)31(27(20)29)28-21-11-9-19(32-2)15-25(21)34-30(23)28/h3-15H,1-2H3. The van der Waals surface area contributed by atoms with E-state index in [9.17, 15) is 0 Å². The first-order chi connectivity index (χ1) is 16.7. The van der Waals surface area contributed by atoms with Crippen molar-refractivity contribution < 1.29 is 13.6 Å². The Morgan fingerprint density at radius 3 is 1.94 bits per heavy atom. The molecule has 8 rings (SSSR count). The Morgan fingerprint density at radius 2 is 1.26 bits per heavy atom. The van der Waals surface area contributed by atoms with E-state index in [0.29, 0.717) is 0 Å². The molecule has 0 N–H and O–H groups in total. The van der Waals surface area contributed by atoms with Gasteiger partial charge in [-0.25, -0.2) is 0 Å². The molecule has 4 nitrogen and oxygen atoms in total. The van der Waals surface area contributed by atoms with E-state index in [-0.39, 0.29) is 0 Å². The quantitative estimate of drug-likeness (QED) is 0.271. The molecule has 4 aromatic heterocycles. The van der Waals surface area contributed by atoms with E-state index in [1.165, 1.54) is 11.1 Å². The van der Waals surface area contributed by atoms with Crippen LogP contribution in [0, 0.1) is 6.92 Å². The van der Waals surface area contributed by atoms with Crippen molar-refractivity contribution in [3.8, 4) is 16.9 Å². The fourth-order valence-corrected chi connectivity index (χ4v) is 5.54. The molecular weight excluding hydrogens is 422 g/mol. The van der Waals surface area contributed by atoms with Gasteiger partial charge < -0.3 is 18.0 Å². The number of furan rings is 2. The second kappa shape index (κ2) is 6.12. The van der Waals surface area contributed by atoms with E-state index in [1.54, 1.807) is 7.11 Å². The summed E-state index contributed by atoms with van der Waals surface area (Å²) >= 11 is 0. The molecule has 0 unspecified atom stereocenters. The maximum Gasteiger partial charge on any atom is 0.161 e. The zero-order valence-corrected chi connectivity index (χ0v) is 18.7. The predicted octanol–water partition coefficient (Wildman–Crippen LogP) is 8.31. The lowest BCUT2D eigenvalue weighted by molar-refractivity contribution is 0.414. The monoisotopic (exact) mass is 441 g/mol. The third kappa shape index (κ3) is 2.13. The Morgan fingerprint density at radius 1 is 0.618 bits per heavy atom. The molecule has 4 aromatic carbocycles. The van der Waals surface area contributed by atoms with E-state index in [2.05, 4.69) is 72.0 Å². The van der Waals surface area contributed by atoms with Crippen molar-refractivity contribution in [3.05, 3.63) is 84.4 Å². The second-order valence-corrected chi connectivity index (χ2v) is 9.04. The van der Waals surface area contributed by atoms with Crippen LogP contribution in [0.25, 0.3) is 71.6 Å². The summed E-state index contributed by atoms with van der Waals surface area (Å²) in [5, 5.41) is 4.37. The van der Waals surface area contributed by atoms with Gasteiger partial charge in [0.2, 0.25) is 0 Å². The largest absolute Gasteiger partial charge is 0.497 e. The lowest BCUT2D eigenvalue weighted by Gasteiger charge is -2.03. The van der Waals surface area contributed by atoms with Crippen LogP contribution in [-0.2, 0) is 0 Å². The number of methoxy groups -OCH3 is 1. The highest BCUT2D eigenvalue weighted by atomic mass is 16.5. The molecule has 8 aromatic rings. The van der Waals surface area contributed by atoms with Crippen molar-refractivity contribution in [2.45, 2.75) is 6.92 Å². The first-order valence-electron chi connectivity index (χ1n) is 11.4. The van der Waals surface area contributed by atoms with Gasteiger partial charge in [0.25, 0.3) is 0 Å². The van der Waals surface area contributed by atoms with Gasteiger partial charge in [0.1, 0.15) is 27.9 Å². The Kier molecular flexibility index (Phi) is 3.24. The van der Waals surface area contributed by atoms with Crippen molar-refractivity contribution in [1.82, 2.24) is 4.40 Å². The average Bonchev–Trinajstić information content (AvgIpc) is 3.58. The van der Waals surface area contributed by atoms with Gasteiger partial charge in [0, 0.05) is 27.6 Å². The molecule has 0 aliphatic carbocycles. The normalized spacial score (nSPS) is 12.4. The summed E-state index contributed by atoms with van der Waals surface area (Å²) in [6.07, 6.45) is 0. The van der Waals surface area contributed by atoms with Crippen LogP contribution >= 0.6 is 0 Å². The van der Waals surface area contributed by atoms with Gasteiger partial charge in [-0.3, -0.25) is 0 Å². The fraction of sp³-hybridized carbons (Fsp3) is 0.0667. The molecule has 0 spiro atoms. The van der Waals surface area contributed by atoms with Gasteiger partial charge in [-0.05, 0) is 60.0 Å². The molecule has 0 amide bonds. The van der Waals surface area contributed by atoms with E-state index >= 15 is 0 Å². The molecule has 0 fully saturated rings. The summed E-state index contributed by atoms with van der Waals surface area (Å²) in [6, 6.07) is 27.4. The number of benzene rings is 4. The third-order valence-electron chi connectivity index (χ3n) is 7.07. The number of aryl methyl sites for hydroxylation is 1. The summed E-state index contributed by atoms with van der Waals surface area (Å²) in [5.41, 5.74) is 10.3. The van der Waals surface area contributed by atoms with Gasteiger partial charge in [-0.1, -0.05) is 36.4 Å². The number of ether oxygens (including phenoxy) is 1. The topological polar surface area (TPSA) is 39.9 Å². The van der Waals surface area contributed by atoms with Crippen molar-refractivity contribution in [2.75, 3.05) is 7.11 Å². The Labute approximate surface area is 193 Å². The second-order valence-electron chi connectivity index (χ2n) is 9.04. The van der Waals surface area contributed by atoms with Gasteiger partial charge >= 0.3 is 0 Å². The number of aromatic nitrogens is 1. The van der Waals surface area contributed by atoms with E-state index in [1.807, 2.05) is 18.2 Å². The predicted molar refractivity (Wildman–Crippen MR) is 137 cm³/mol. The molecule has 0 aliphatic rings. The Bertz CT molecular complexity index is 2050. The highest BCUT2D eigenvalue weighted by Gasteiger charge is 2.26. The van der Waals surface area contributed by atoms with Crippen LogP contribution < -0.4 is 4.74 Å². The molecule has 0 saturated carbocycles. The average molecular weight is 441 g/mol.